The number of carbonyl (C=O) groups excluding carboxylic acids is 1. The van der Waals surface area contributed by atoms with Crippen LogP contribution in [0.4, 0.5) is 5.69 Å². The highest BCUT2D eigenvalue weighted by Crippen LogP contribution is 2.18. The average molecular weight is 260 g/mol. The monoisotopic (exact) mass is 260 g/mol. The number of aromatic amines is 1. The van der Waals surface area contributed by atoms with Crippen LogP contribution in [0.5, 0.6) is 5.75 Å². The van der Waals surface area contributed by atoms with Crippen molar-refractivity contribution in [1.29, 1.82) is 0 Å². The van der Waals surface area contributed by atoms with Crippen LogP contribution < -0.4 is 4.74 Å². The Hall–Kier alpha value is -2.63. The number of nitro groups is 1. The molecule has 1 N–H and O–H groups in total. The normalized spacial score (nSPS) is 10.2. The summed E-state index contributed by atoms with van der Waals surface area (Å²) in [7, 11) is 0. The summed E-state index contributed by atoms with van der Waals surface area (Å²) in [6, 6.07) is 7.08. The second kappa shape index (κ2) is 5.34. The zero-order valence-corrected chi connectivity index (χ0v) is 10.3. The molecular formula is C13H12N2O4. The molecule has 0 aliphatic heterocycles. The van der Waals surface area contributed by atoms with E-state index in [2.05, 4.69) is 4.98 Å². The summed E-state index contributed by atoms with van der Waals surface area (Å²) in [6.45, 7) is 1.97. The molecule has 0 amide bonds. The molecule has 6 nitrogen and oxygen atoms in total. The number of non-ortho nitro benzene ring substituents is 1. The van der Waals surface area contributed by atoms with Gasteiger partial charge in [0.15, 0.2) is 0 Å². The van der Waals surface area contributed by atoms with Crippen LogP contribution >= 0.6 is 0 Å². The number of hydrogen-bond acceptors (Lipinski definition) is 4. The highest BCUT2D eigenvalue weighted by Gasteiger charge is 2.11. The summed E-state index contributed by atoms with van der Waals surface area (Å²) >= 11 is 0. The van der Waals surface area contributed by atoms with E-state index in [4.69, 9.17) is 4.74 Å². The van der Waals surface area contributed by atoms with Crippen molar-refractivity contribution in [2.45, 2.75) is 13.3 Å². The molecule has 0 spiro atoms. The van der Waals surface area contributed by atoms with Gasteiger partial charge in [-0.05, 0) is 24.6 Å². The first-order valence-electron chi connectivity index (χ1n) is 5.74. The molecule has 6 heteroatoms. The van der Waals surface area contributed by atoms with Crippen LogP contribution in [-0.4, -0.2) is 15.9 Å². The van der Waals surface area contributed by atoms with Gasteiger partial charge in [-0.3, -0.25) is 10.1 Å². The molecule has 0 atom stereocenters. The molecule has 1 aromatic heterocycles. The Bertz CT molecular complexity index is 601. The maximum atomic E-state index is 11.8. The maximum absolute atomic E-state index is 11.8. The topological polar surface area (TPSA) is 85.2 Å². The number of carbonyl (C=O) groups is 1. The van der Waals surface area contributed by atoms with Gasteiger partial charge in [-0.25, -0.2) is 4.79 Å². The van der Waals surface area contributed by atoms with Crippen molar-refractivity contribution in [3.05, 3.63) is 57.9 Å². The summed E-state index contributed by atoms with van der Waals surface area (Å²) < 4.78 is 5.11. The lowest BCUT2D eigenvalue weighted by Crippen LogP contribution is -2.07. The van der Waals surface area contributed by atoms with Gasteiger partial charge in [0.1, 0.15) is 5.75 Å². The van der Waals surface area contributed by atoms with Crippen LogP contribution in [0.25, 0.3) is 0 Å². The number of nitro benzene ring substituents is 1. The minimum atomic E-state index is -0.509. The number of benzene rings is 1. The molecule has 0 saturated carbocycles. The quantitative estimate of drug-likeness (QED) is 0.396. The third kappa shape index (κ3) is 2.98. The summed E-state index contributed by atoms with van der Waals surface area (Å²) in [5.41, 5.74) is 1.32. The second-order valence-electron chi connectivity index (χ2n) is 3.91. The van der Waals surface area contributed by atoms with Crippen LogP contribution in [0.15, 0.2) is 36.5 Å². The molecule has 0 aliphatic rings. The molecule has 19 heavy (non-hydrogen) atoms. The number of rotatable bonds is 4. The summed E-state index contributed by atoms with van der Waals surface area (Å²) in [6.07, 6.45) is 2.37. The zero-order chi connectivity index (χ0) is 13.8. The van der Waals surface area contributed by atoms with E-state index in [0.29, 0.717) is 5.56 Å². The van der Waals surface area contributed by atoms with Gasteiger partial charge >= 0.3 is 5.97 Å². The molecule has 0 radical (unpaired) electrons. The Kier molecular flexibility index (Phi) is 3.61. The molecule has 1 aromatic carbocycles. The van der Waals surface area contributed by atoms with Gasteiger partial charge in [0.2, 0.25) is 0 Å². The highest BCUT2D eigenvalue weighted by atomic mass is 16.6. The van der Waals surface area contributed by atoms with Crippen LogP contribution in [-0.2, 0) is 6.42 Å². The summed E-state index contributed by atoms with van der Waals surface area (Å²) in [5, 5.41) is 10.5. The molecule has 1 heterocycles. The number of ether oxygens (including phenoxy) is 1. The number of aryl methyl sites for hydroxylation is 1. The smallest absolute Gasteiger partial charge is 0.345 e. The third-order valence-corrected chi connectivity index (χ3v) is 2.62. The molecule has 2 aromatic rings. The first kappa shape index (κ1) is 12.8. The molecule has 0 unspecified atom stereocenters. The van der Waals surface area contributed by atoms with Gasteiger partial charge in [-0.15, -0.1) is 0 Å². The minimum Gasteiger partial charge on any atom is -0.423 e. The summed E-state index contributed by atoms with van der Waals surface area (Å²) in [4.78, 5) is 24.7. The largest absolute Gasteiger partial charge is 0.423 e. The zero-order valence-electron chi connectivity index (χ0n) is 10.3. The first-order valence-corrected chi connectivity index (χ1v) is 5.74. The standard InChI is InChI=1S/C13H12N2O4/c1-2-10-7-9(8-14-10)13(16)19-12-5-3-11(4-6-12)15(17)18/h3-8,14H,2H2,1H3. The Morgan fingerprint density at radius 3 is 2.58 bits per heavy atom. The van der Waals surface area contributed by atoms with Gasteiger partial charge in [-0.1, -0.05) is 6.92 Å². The predicted molar refractivity (Wildman–Crippen MR) is 68.2 cm³/mol. The minimum absolute atomic E-state index is 0.0466. The van der Waals surface area contributed by atoms with E-state index in [1.165, 1.54) is 24.3 Å². The molecule has 0 saturated heterocycles. The highest BCUT2D eigenvalue weighted by molar-refractivity contribution is 5.91. The lowest BCUT2D eigenvalue weighted by atomic mass is 10.2. The average Bonchev–Trinajstić information content (AvgIpc) is 2.88. The van der Waals surface area contributed by atoms with Crippen molar-refractivity contribution in [3.63, 3.8) is 0 Å². The fourth-order valence-electron chi connectivity index (χ4n) is 1.57. The van der Waals surface area contributed by atoms with Crippen molar-refractivity contribution >= 4 is 11.7 Å². The van der Waals surface area contributed by atoms with Crippen LogP contribution in [0.2, 0.25) is 0 Å². The van der Waals surface area contributed by atoms with Gasteiger partial charge in [0.05, 0.1) is 10.5 Å². The molecule has 0 aliphatic carbocycles. The molecular weight excluding hydrogens is 248 g/mol. The maximum Gasteiger partial charge on any atom is 0.345 e. The Morgan fingerprint density at radius 1 is 1.37 bits per heavy atom. The molecule has 2 rings (SSSR count). The lowest BCUT2D eigenvalue weighted by Gasteiger charge is -2.01. The fraction of sp³-hybridized carbons (Fsp3) is 0.154. The predicted octanol–water partition coefficient (Wildman–Crippen LogP) is 2.70. The number of H-pyrrole nitrogens is 1. The lowest BCUT2D eigenvalue weighted by molar-refractivity contribution is -0.384. The van der Waals surface area contributed by atoms with E-state index in [-0.39, 0.29) is 11.4 Å². The second-order valence-corrected chi connectivity index (χ2v) is 3.91. The Balaban J connectivity index is 2.08. The SMILES string of the molecule is CCc1cc(C(=O)Oc2ccc([N+](=O)[O-])cc2)c[nH]1. The number of aromatic nitrogens is 1. The van der Waals surface area contributed by atoms with Crippen LogP contribution in [0.3, 0.4) is 0 Å². The molecule has 98 valence electrons. The van der Waals surface area contributed by atoms with E-state index in [9.17, 15) is 14.9 Å². The first-order chi connectivity index (χ1) is 9.10. The van der Waals surface area contributed by atoms with E-state index in [1.807, 2.05) is 6.92 Å². The molecule has 0 fully saturated rings. The van der Waals surface area contributed by atoms with Crippen LogP contribution in [0.1, 0.15) is 23.0 Å². The fourth-order valence-corrected chi connectivity index (χ4v) is 1.57. The van der Waals surface area contributed by atoms with E-state index in [0.717, 1.165) is 12.1 Å². The van der Waals surface area contributed by atoms with Crippen molar-refractivity contribution < 1.29 is 14.5 Å². The van der Waals surface area contributed by atoms with Gasteiger partial charge < -0.3 is 9.72 Å². The number of esters is 1. The van der Waals surface area contributed by atoms with Crippen LogP contribution in [0, 0.1) is 10.1 Å². The van der Waals surface area contributed by atoms with Crippen molar-refractivity contribution in [2.24, 2.45) is 0 Å². The number of nitrogens with one attached hydrogen (secondary N) is 1. The summed E-state index contributed by atoms with van der Waals surface area (Å²) in [5.74, 6) is -0.223. The van der Waals surface area contributed by atoms with Crippen molar-refractivity contribution in [2.75, 3.05) is 0 Å². The molecule has 0 bridgehead atoms. The number of hydrogen-bond donors (Lipinski definition) is 1. The van der Waals surface area contributed by atoms with Gasteiger partial charge in [0, 0.05) is 24.0 Å². The van der Waals surface area contributed by atoms with Gasteiger partial charge in [-0.2, -0.15) is 0 Å². The van der Waals surface area contributed by atoms with E-state index < -0.39 is 10.9 Å². The Morgan fingerprint density at radius 2 is 2.05 bits per heavy atom. The van der Waals surface area contributed by atoms with Crippen molar-refractivity contribution in [1.82, 2.24) is 4.98 Å². The van der Waals surface area contributed by atoms with Crippen molar-refractivity contribution in [3.8, 4) is 5.75 Å². The van der Waals surface area contributed by atoms with E-state index >= 15 is 0 Å². The number of nitrogens with zero attached hydrogens (tertiary/aromatic N) is 1. The Labute approximate surface area is 109 Å². The third-order valence-electron chi connectivity index (χ3n) is 2.62. The van der Waals surface area contributed by atoms with Gasteiger partial charge in [0.25, 0.3) is 5.69 Å². The van der Waals surface area contributed by atoms with E-state index in [1.54, 1.807) is 12.3 Å².